The molecule has 21 heavy (non-hydrogen) atoms. The van der Waals surface area contributed by atoms with E-state index in [2.05, 4.69) is 4.37 Å². The van der Waals surface area contributed by atoms with Crippen LogP contribution in [0.1, 0.15) is 15.2 Å². The van der Waals surface area contributed by atoms with E-state index in [-0.39, 0.29) is 28.5 Å². The van der Waals surface area contributed by atoms with Crippen molar-refractivity contribution < 1.29 is 28.0 Å². The van der Waals surface area contributed by atoms with E-state index in [0.717, 1.165) is 24.3 Å². The lowest BCUT2D eigenvalue weighted by atomic mass is 10.1. The SMILES string of the molecule is O=C(O)c1c(-c2ccc([N+](=O)[O-])cc2)nsc1C(F)(F)F. The molecule has 0 radical (unpaired) electrons. The highest BCUT2D eigenvalue weighted by molar-refractivity contribution is 7.06. The Morgan fingerprint density at radius 3 is 2.29 bits per heavy atom. The Morgan fingerprint density at radius 2 is 1.86 bits per heavy atom. The number of non-ortho nitro benzene ring substituents is 1. The van der Waals surface area contributed by atoms with Crippen molar-refractivity contribution in [2.45, 2.75) is 6.18 Å². The number of carboxylic acid groups (broad SMARTS) is 1. The van der Waals surface area contributed by atoms with E-state index in [9.17, 15) is 28.1 Å². The molecule has 2 rings (SSSR count). The molecule has 0 aliphatic rings. The van der Waals surface area contributed by atoms with Crippen molar-refractivity contribution in [3.63, 3.8) is 0 Å². The molecule has 0 bridgehead atoms. The molecule has 0 aliphatic carbocycles. The normalized spacial score (nSPS) is 11.4. The quantitative estimate of drug-likeness (QED) is 0.691. The van der Waals surface area contributed by atoms with Gasteiger partial charge in [0, 0.05) is 17.7 Å². The number of carbonyl (C=O) groups is 1. The molecule has 0 spiro atoms. The van der Waals surface area contributed by atoms with E-state index >= 15 is 0 Å². The summed E-state index contributed by atoms with van der Waals surface area (Å²) in [6.45, 7) is 0. The van der Waals surface area contributed by atoms with Crippen LogP contribution in [0.3, 0.4) is 0 Å². The van der Waals surface area contributed by atoms with Gasteiger partial charge in [0.2, 0.25) is 0 Å². The van der Waals surface area contributed by atoms with Crippen LogP contribution in [0, 0.1) is 10.1 Å². The average Bonchev–Trinajstić information content (AvgIpc) is 2.83. The van der Waals surface area contributed by atoms with Crippen molar-refractivity contribution in [3.8, 4) is 11.3 Å². The second kappa shape index (κ2) is 5.13. The fourth-order valence-electron chi connectivity index (χ4n) is 1.62. The predicted octanol–water partition coefficient (Wildman–Crippen LogP) is 3.44. The first-order valence-corrected chi connectivity index (χ1v) is 6.04. The number of rotatable bonds is 3. The van der Waals surface area contributed by atoms with Crippen LogP contribution in [0.2, 0.25) is 0 Å². The van der Waals surface area contributed by atoms with Gasteiger partial charge in [0.15, 0.2) is 0 Å². The van der Waals surface area contributed by atoms with Crippen molar-refractivity contribution in [1.82, 2.24) is 4.37 Å². The molecule has 10 heteroatoms. The van der Waals surface area contributed by atoms with Gasteiger partial charge in [-0.15, -0.1) is 0 Å². The molecule has 0 fully saturated rings. The standard InChI is InChI=1S/C11H5F3N2O4S/c12-11(13,14)9-7(10(17)18)8(15-21-9)5-1-3-6(4-2-5)16(19)20/h1-4H,(H,17,18). The van der Waals surface area contributed by atoms with Crippen LogP contribution in [0.25, 0.3) is 11.3 Å². The average molecular weight is 318 g/mol. The molecule has 1 aromatic carbocycles. The zero-order valence-corrected chi connectivity index (χ0v) is 10.7. The first-order valence-electron chi connectivity index (χ1n) is 5.27. The third kappa shape index (κ3) is 2.84. The Kier molecular flexibility index (Phi) is 3.64. The Balaban J connectivity index is 2.57. The number of nitro groups is 1. The molecule has 1 N–H and O–H groups in total. The lowest BCUT2D eigenvalue weighted by Gasteiger charge is -2.05. The van der Waals surface area contributed by atoms with Crippen molar-refractivity contribution >= 4 is 23.2 Å². The summed E-state index contributed by atoms with van der Waals surface area (Å²) >= 11 is 0.0271. The van der Waals surface area contributed by atoms with E-state index in [1.165, 1.54) is 0 Å². The largest absolute Gasteiger partial charge is 0.478 e. The molecular formula is C11H5F3N2O4S. The third-order valence-corrected chi connectivity index (χ3v) is 3.41. The van der Waals surface area contributed by atoms with Gasteiger partial charge in [-0.25, -0.2) is 4.79 Å². The lowest BCUT2D eigenvalue weighted by Crippen LogP contribution is -2.10. The van der Waals surface area contributed by atoms with Gasteiger partial charge in [0.05, 0.1) is 10.6 Å². The van der Waals surface area contributed by atoms with E-state index in [0.29, 0.717) is 0 Å². The second-order valence-corrected chi connectivity index (χ2v) is 4.62. The minimum Gasteiger partial charge on any atom is -0.478 e. The molecule has 6 nitrogen and oxygen atoms in total. The smallest absolute Gasteiger partial charge is 0.428 e. The summed E-state index contributed by atoms with van der Waals surface area (Å²) in [5.74, 6) is -1.76. The molecule has 1 heterocycles. The van der Waals surface area contributed by atoms with E-state index in [1.807, 2.05) is 0 Å². The number of nitrogens with zero attached hydrogens (tertiary/aromatic N) is 2. The topological polar surface area (TPSA) is 93.3 Å². The van der Waals surface area contributed by atoms with E-state index in [1.54, 1.807) is 0 Å². The maximum Gasteiger partial charge on any atom is 0.428 e. The molecule has 0 atom stereocenters. The Morgan fingerprint density at radius 1 is 1.29 bits per heavy atom. The van der Waals surface area contributed by atoms with Gasteiger partial charge in [-0.1, -0.05) is 0 Å². The van der Waals surface area contributed by atoms with Crippen molar-refractivity contribution in [1.29, 1.82) is 0 Å². The number of nitro benzene ring substituents is 1. The van der Waals surface area contributed by atoms with Gasteiger partial charge < -0.3 is 5.11 Å². The summed E-state index contributed by atoms with van der Waals surface area (Å²) in [5.41, 5.74) is -1.53. The van der Waals surface area contributed by atoms with E-state index in [4.69, 9.17) is 5.11 Å². The summed E-state index contributed by atoms with van der Waals surface area (Å²) in [4.78, 5) is 19.6. The first-order chi connectivity index (χ1) is 9.71. The number of aromatic carboxylic acids is 1. The zero-order valence-electron chi connectivity index (χ0n) is 9.92. The monoisotopic (exact) mass is 318 g/mol. The fourth-order valence-corrected chi connectivity index (χ4v) is 2.38. The maximum absolute atomic E-state index is 12.7. The van der Waals surface area contributed by atoms with Gasteiger partial charge >= 0.3 is 12.1 Å². The minimum atomic E-state index is -4.83. The Hall–Kier alpha value is -2.49. The third-order valence-electron chi connectivity index (χ3n) is 2.51. The van der Waals surface area contributed by atoms with Gasteiger partial charge in [-0.05, 0) is 23.7 Å². The van der Waals surface area contributed by atoms with Crippen LogP contribution in [0.5, 0.6) is 0 Å². The van der Waals surface area contributed by atoms with Crippen molar-refractivity contribution in [2.75, 3.05) is 0 Å². The molecule has 0 saturated heterocycles. The van der Waals surface area contributed by atoms with Crippen LogP contribution in [0.4, 0.5) is 18.9 Å². The van der Waals surface area contributed by atoms with Crippen LogP contribution < -0.4 is 0 Å². The van der Waals surface area contributed by atoms with Gasteiger partial charge in [-0.2, -0.15) is 17.5 Å². The number of hydrogen-bond acceptors (Lipinski definition) is 5. The summed E-state index contributed by atoms with van der Waals surface area (Å²) in [6, 6.07) is 4.43. The summed E-state index contributed by atoms with van der Waals surface area (Å²) in [7, 11) is 0. The molecule has 1 aromatic heterocycles. The fraction of sp³-hybridized carbons (Fsp3) is 0.0909. The Bertz CT molecular complexity index is 709. The molecule has 0 amide bonds. The van der Waals surface area contributed by atoms with Crippen LogP contribution >= 0.6 is 11.5 Å². The number of alkyl halides is 3. The van der Waals surface area contributed by atoms with Gasteiger partial charge in [0.1, 0.15) is 10.4 Å². The lowest BCUT2D eigenvalue weighted by molar-refractivity contribution is -0.384. The molecule has 110 valence electrons. The summed E-state index contributed by atoms with van der Waals surface area (Å²) < 4.78 is 41.7. The predicted molar refractivity (Wildman–Crippen MR) is 66.2 cm³/mol. The maximum atomic E-state index is 12.7. The minimum absolute atomic E-state index is 0.0271. The number of aromatic nitrogens is 1. The van der Waals surface area contributed by atoms with Crippen LogP contribution in [-0.2, 0) is 6.18 Å². The number of halogens is 3. The van der Waals surface area contributed by atoms with Gasteiger partial charge in [-0.3, -0.25) is 10.1 Å². The molecule has 2 aromatic rings. The van der Waals surface area contributed by atoms with Crippen molar-refractivity contribution in [2.24, 2.45) is 0 Å². The molecule has 0 aliphatic heterocycles. The highest BCUT2D eigenvalue weighted by Gasteiger charge is 2.40. The Labute approximate surface area is 118 Å². The highest BCUT2D eigenvalue weighted by atomic mass is 32.1. The number of benzene rings is 1. The highest BCUT2D eigenvalue weighted by Crippen LogP contribution is 2.39. The summed E-state index contributed by atoms with van der Waals surface area (Å²) in [6.07, 6.45) is -4.83. The zero-order chi connectivity index (χ0) is 15.8. The number of carboxylic acids is 1. The second-order valence-electron chi connectivity index (χ2n) is 3.84. The van der Waals surface area contributed by atoms with Crippen LogP contribution in [-0.4, -0.2) is 20.4 Å². The van der Waals surface area contributed by atoms with E-state index < -0.39 is 27.5 Å². The molecular weight excluding hydrogens is 313 g/mol. The first kappa shape index (κ1) is 14.9. The van der Waals surface area contributed by atoms with Gasteiger partial charge in [0.25, 0.3) is 5.69 Å². The summed E-state index contributed by atoms with van der Waals surface area (Å²) in [5, 5.41) is 19.5. The molecule has 0 saturated carbocycles. The molecule has 0 unspecified atom stereocenters. The number of hydrogen-bond donors (Lipinski definition) is 1. The van der Waals surface area contributed by atoms with Crippen molar-refractivity contribution in [3.05, 3.63) is 44.8 Å². The van der Waals surface area contributed by atoms with Crippen LogP contribution in [0.15, 0.2) is 24.3 Å².